The lowest BCUT2D eigenvalue weighted by Gasteiger charge is -2.03. The third kappa shape index (κ3) is 2.35. The van der Waals surface area contributed by atoms with Gasteiger partial charge in [-0.05, 0) is 35.4 Å². The summed E-state index contributed by atoms with van der Waals surface area (Å²) in [4.78, 5) is 11.9. The van der Waals surface area contributed by atoms with Gasteiger partial charge in [0, 0.05) is 5.02 Å². The van der Waals surface area contributed by atoms with Crippen molar-refractivity contribution in [3.63, 3.8) is 0 Å². The SMILES string of the molecule is O=c1oc2cc(CO)ccc2n1Cc1ccc(Cl)cc1. The molecule has 3 rings (SSSR count). The summed E-state index contributed by atoms with van der Waals surface area (Å²) < 4.78 is 6.76. The van der Waals surface area contributed by atoms with Crippen LogP contribution in [0.1, 0.15) is 11.1 Å². The topological polar surface area (TPSA) is 55.4 Å². The summed E-state index contributed by atoms with van der Waals surface area (Å²) in [5.74, 6) is -0.412. The minimum atomic E-state index is -0.412. The highest BCUT2D eigenvalue weighted by atomic mass is 35.5. The van der Waals surface area contributed by atoms with Crippen LogP contribution in [0.15, 0.2) is 51.7 Å². The van der Waals surface area contributed by atoms with Crippen LogP contribution in [0.25, 0.3) is 11.1 Å². The number of oxazole rings is 1. The summed E-state index contributed by atoms with van der Waals surface area (Å²) in [5, 5.41) is 9.75. The predicted molar refractivity (Wildman–Crippen MR) is 77.0 cm³/mol. The molecule has 0 fully saturated rings. The summed E-state index contributed by atoms with van der Waals surface area (Å²) in [7, 11) is 0. The highest BCUT2D eigenvalue weighted by Crippen LogP contribution is 2.17. The Morgan fingerprint density at radius 1 is 1.10 bits per heavy atom. The minimum Gasteiger partial charge on any atom is -0.408 e. The smallest absolute Gasteiger partial charge is 0.408 e. The number of rotatable bonds is 3. The molecular weight excluding hydrogens is 278 g/mol. The van der Waals surface area contributed by atoms with Crippen LogP contribution in [0.4, 0.5) is 0 Å². The van der Waals surface area contributed by atoms with E-state index in [-0.39, 0.29) is 6.61 Å². The van der Waals surface area contributed by atoms with Gasteiger partial charge in [-0.15, -0.1) is 0 Å². The van der Waals surface area contributed by atoms with Gasteiger partial charge >= 0.3 is 5.76 Å². The monoisotopic (exact) mass is 289 g/mol. The fourth-order valence-corrected chi connectivity index (χ4v) is 2.26. The summed E-state index contributed by atoms with van der Waals surface area (Å²) >= 11 is 5.84. The van der Waals surface area contributed by atoms with Crippen LogP contribution in [-0.4, -0.2) is 9.67 Å². The van der Waals surface area contributed by atoms with Gasteiger partial charge in [-0.1, -0.05) is 29.8 Å². The zero-order valence-corrected chi connectivity index (χ0v) is 11.3. The molecule has 3 aromatic rings. The lowest BCUT2D eigenvalue weighted by Crippen LogP contribution is -2.14. The van der Waals surface area contributed by atoms with Crippen LogP contribution in [0.3, 0.4) is 0 Å². The number of nitrogens with zero attached hydrogens (tertiary/aromatic N) is 1. The average molecular weight is 290 g/mol. The van der Waals surface area contributed by atoms with E-state index in [0.29, 0.717) is 28.2 Å². The first-order valence-electron chi connectivity index (χ1n) is 6.15. The maximum Gasteiger partial charge on any atom is 0.420 e. The Kier molecular flexibility index (Phi) is 3.34. The molecule has 102 valence electrons. The van der Waals surface area contributed by atoms with E-state index in [1.807, 2.05) is 12.1 Å². The van der Waals surface area contributed by atoms with Gasteiger partial charge in [0.15, 0.2) is 5.58 Å². The van der Waals surface area contributed by atoms with Crippen molar-refractivity contribution in [1.29, 1.82) is 0 Å². The number of aliphatic hydroxyl groups is 1. The number of hydrogen-bond donors (Lipinski definition) is 1. The molecule has 0 unspecified atom stereocenters. The van der Waals surface area contributed by atoms with E-state index in [4.69, 9.17) is 21.1 Å². The van der Waals surface area contributed by atoms with Crippen molar-refractivity contribution in [3.05, 3.63) is 69.2 Å². The molecule has 0 aliphatic rings. The number of fused-ring (bicyclic) bond motifs is 1. The Morgan fingerprint density at radius 2 is 1.80 bits per heavy atom. The first-order chi connectivity index (χ1) is 9.67. The molecule has 2 aromatic carbocycles. The lowest BCUT2D eigenvalue weighted by molar-refractivity contribution is 0.282. The number of aliphatic hydroxyl groups excluding tert-OH is 1. The fraction of sp³-hybridized carbons (Fsp3) is 0.133. The first-order valence-corrected chi connectivity index (χ1v) is 6.53. The molecule has 4 nitrogen and oxygen atoms in total. The maximum absolute atomic E-state index is 11.9. The van der Waals surface area contributed by atoms with E-state index < -0.39 is 5.76 Å². The van der Waals surface area contributed by atoms with E-state index in [1.165, 1.54) is 0 Å². The molecule has 20 heavy (non-hydrogen) atoms. The molecule has 1 heterocycles. The van der Waals surface area contributed by atoms with Crippen molar-refractivity contribution in [2.75, 3.05) is 0 Å². The Bertz CT molecular complexity index is 802. The van der Waals surface area contributed by atoms with Crippen molar-refractivity contribution in [3.8, 4) is 0 Å². The second kappa shape index (κ2) is 5.15. The van der Waals surface area contributed by atoms with Gasteiger partial charge in [0.05, 0.1) is 18.7 Å². The van der Waals surface area contributed by atoms with E-state index in [1.54, 1.807) is 34.9 Å². The van der Waals surface area contributed by atoms with Crippen molar-refractivity contribution >= 4 is 22.7 Å². The summed E-state index contributed by atoms with van der Waals surface area (Å²) in [6, 6.07) is 12.5. The third-order valence-corrected chi connectivity index (χ3v) is 3.42. The van der Waals surface area contributed by atoms with Crippen molar-refractivity contribution < 1.29 is 9.52 Å². The van der Waals surface area contributed by atoms with Crippen molar-refractivity contribution in [2.45, 2.75) is 13.2 Å². The Labute approximate surface area is 119 Å². The number of halogens is 1. The van der Waals surface area contributed by atoms with Gasteiger partial charge in [0.1, 0.15) is 0 Å². The predicted octanol–water partition coefficient (Wildman–Crippen LogP) is 2.79. The van der Waals surface area contributed by atoms with Crippen LogP contribution in [0.5, 0.6) is 0 Å². The quantitative estimate of drug-likeness (QED) is 0.806. The molecule has 0 amide bonds. The molecule has 0 saturated heterocycles. The molecule has 0 bridgehead atoms. The molecule has 0 aliphatic carbocycles. The van der Waals surface area contributed by atoms with E-state index in [9.17, 15) is 4.79 Å². The summed E-state index contributed by atoms with van der Waals surface area (Å²) in [6.07, 6.45) is 0. The molecule has 0 saturated carbocycles. The zero-order chi connectivity index (χ0) is 14.1. The highest BCUT2D eigenvalue weighted by Gasteiger charge is 2.10. The Hall–Kier alpha value is -2.04. The van der Waals surface area contributed by atoms with E-state index in [0.717, 1.165) is 5.56 Å². The second-order valence-corrected chi connectivity index (χ2v) is 4.98. The van der Waals surface area contributed by atoms with Crippen molar-refractivity contribution in [2.24, 2.45) is 0 Å². The molecule has 0 radical (unpaired) electrons. The molecule has 0 atom stereocenters. The molecule has 0 spiro atoms. The van der Waals surface area contributed by atoms with Crippen LogP contribution >= 0.6 is 11.6 Å². The van der Waals surface area contributed by atoms with Crippen LogP contribution in [0.2, 0.25) is 5.02 Å². The van der Waals surface area contributed by atoms with Crippen LogP contribution in [0, 0.1) is 0 Å². The van der Waals surface area contributed by atoms with E-state index in [2.05, 4.69) is 0 Å². The number of aromatic nitrogens is 1. The van der Waals surface area contributed by atoms with Gasteiger partial charge in [-0.3, -0.25) is 4.57 Å². The summed E-state index contributed by atoms with van der Waals surface area (Å²) in [5.41, 5.74) is 2.87. The van der Waals surface area contributed by atoms with Gasteiger partial charge in [-0.2, -0.15) is 0 Å². The third-order valence-electron chi connectivity index (χ3n) is 3.17. The average Bonchev–Trinajstić information content (AvgIpc) is 2.76. The largest absolute Gasteiger partial charge is 0.420 e. The normalized spacial score (nSPS) is 11.1. The second-order valence-electron chi connectivity index (χ2n) is 4.54. The zero-order valence-electron chi connectivity index (χ0n) is 10.5. The number of hydrogen-bond acceptors (Lipinski definition) is 3. The van der Waals surface area contributed by atoms with Crippen LogP contribution in [-0.2, 0) is 13.2 Å². The van der Waals surface area contributed by atoms with Gasteiger partial charge in [-0.25, -0.2) is 4.79 Å². The highest BCUT2D eigenvalue weighted by molar-refractivity contribution is 6.30. The first kappa shape index (κ1) is 13.0. The van der Waals surface area contributed by atoms with Crippen LogP contribution < -0.4 is 5.76 Å². The van der Waals surface area contributed by atoms with E-state index >= 15 is 0 Å². The summed E-state index contributed by atoms with van der Waals surface area (Å²) in [6.45, 7) is 0.337. The number of benzene rings is 2. The Balaban J connectivity index is 2.05. The van der Waals surface area contributed by atoms with Gasteiger partial charge in [0.25, 0.3) is 0 Å². The molecule has 0 aliphatic heterocycles. The Morgan fingerprint density at radius 3 is 2.50 bits per heavy atom. The van der Waals surface area contributed by atoms with Crippen molar-refractivity contribution in [1.82, 2.24) is 4.57 Å². The minimum absolute atomic E-state index is 0.0813. The molecule has 5 heteroatoms. The molecular formula is C15H12ClNO3. The lowest BCUT2D eigenvalue weighted by atomic mass is 10.2. The van der Waals surface area contributed by atoms with Gasteiger partial charge < -0.3 is 9.52 Å². The molecule has 1 N–H and O–H groups in total. The fourth-order valence-electron chi connectivity index (χ4n) is 2.13. The maximum atomic E-state index is 11.9. The van der Waals surface area contributed by atoms with Gasteiger partial charge in [0.2, 0.25) is 0 Å². The standard InChI is InChI=1S/C15H12ClNO3/c16-12-4-1-10(2-5-12)8-17-13-6-3-11(9-18)7-14(13)20-15(17)19/h1-7,18H,8-9H2. The molecule has 1 aromatic heterocycles.